The Morgan fingerprint density at radius 1 is 1.64 bits per heavy atom. The third kappa shape index (κ3) is 11.1. The van der Waals surface area contributed by atoms with Crippen LogP contribution in [0.5, 0.6) is 0 Å². The van der Waals surface area contributed by atoms with Crippen LogP contribution in [0.2, 0.25) is 0 Å². The first kappa shape index (κ1) is 14.6. The van der Waals surface area contributed by atoms with Crippen molar-refractivity contribution in [2.24, 2.45) is 5.92 Å². The van der Waals surface area contributed by atoms with E-state index in [-0.39, 0.29) is 41.2 Å². The van der Waals surface area contributed by atoms with Crippen LogP contribution in [0.25, 0.3) is 0 Å². The third-order valence-electron chi connectivity index (χ3n) is 1.03. The Hall–Kier alpha value is 1.07. The van der Waals surface area contributed by atoms with Crippen LogP contribution in [-0.4, -0.2) is 27.7 Å². The molecule has 0 rings (SSSR count). The van der Waals surface area contributed by atoms with Gasteiger partial charge in [0.25, 0.3) is 0 Å². The van der Waals surface area contributed by atoms with Gasteiger partial charge in [0.1, 0.15) is 0 Å². The molecule has 5 heteroatoms. The van der Waals surface area contributed by atoms with Crippen molar-refractivity contribution in [2.45, 2.75) is 13.8 Å². The molecule has 11 heavy (non-hydrogen) atoms. The fraction of sp³-hybridized carbons (Fsp3) is 1.00. The molecule has 0 aromatic heterocycles. The second kappa shape index (κ2) is 9.16. The molecule has 0 aliphatic heterocycles. The average Bonchev–Trinajstić information content (AvgIpc) is 1.82. The maximum Gasteiger partial charge on any atom is 1.00 e. The van der Waals surface area contributed by atoms with Crippen molar-refractivity contribution in [1.82, 2.24) is 0 Å². The quantitative estimate of drug-likeness (QED) is 0.355. The topological polar surface area (TPSA) is 49.4 Å². The summed E-state index contributed by atoms with van der Waals surface area (Å²) in [5.74, 6) is 0.304. The number of ether oxygens (including phenoxy) is 1. The molecule has 0 saturated heterocycles. The predicted molar refractivity (Wildman–Crippen MR) is 39.4 cm³/mol. The molecule has 0 aliphatic rings. The van der Waals surface area contributed by atoms with E-state index in [1.54, 1.807) is 0 Å². The molecule has 0 N–H and O–H groups in total. The first-order chi connectivity index (χ1) is 4.66. The van der Waals surface area contributed by atoms with Crippen LogP contribution in [0.3, 0.4) is 0 Å². The molecule has 0 aromatic rings. The number of hydrogen-bond donors (Lipinski definition) is 0. The second-order valence-corrected chi connectivity index (χ2v) is 3.18. The van der Waals surface area contributed by atoms with Crippen molar-refractivity contribution in [2.75, 3.05) is 19.0 Å². The molecule has 2 atom stereocenters. The first-order valence-electron chi connectivity index (χ1n) is 3.30. The van der Waals surface area contributed by atoms with E-state index in [4.69, 9.17) is 4.74 Å². The zero-order chi connectivity index (χ0) is 7.98. The zero-order valence-electron chi connectivity index (χ0n) is 7.33. The molecule has 3 nitrogen and oxygen atoms in total. The Balaban J connectivity index is 0. The molecule has 0 aliphatic carbocycles. The van der Waals surface area contributed by atoms with Crippen molar-refractivity contribution in [3.63, 3.8) is 0 Å². The molecule has 0 radical (unpaired) electrons. The summed E-state index contributed by atoms with van der Waals surface area (Å²) in [5, 5.41) is 0. The Morgan fingerprint density at radius 3 is 2.55 bits per heavy atom. The fourth-order valence-electron chi connectivity index (χ4n) is 0.599. The van der Waals surface area contributed by atoms with E-state index in [1.165, 1.54) is 0 Å². The fourth-order valence-corrected chi connectivity index (χ4v) is 1.16. The number of hydrogen-bond acceptors (Lipinski definition) is 3. The van der Waals surface area contributed by atoms with Gasteiger partial charge in [-0.05, 0) is 12.8 Å². The van der Waals surface area contributed by atoms with Crippen molar-refractivity contribution < 1.29 is 43.1 Å². The molecular weight excluding hydrogens is 175 g/mol. The normalized spacial score (nSPS) is 15.2. The van der Waals surface area contributed by atoms with Crippen molar-refractivity contribution in [3.8, 4) is 0 Å². The molecule has 0 aromatic carbocycles. The second-order valence-electron chi connectivity index (χ2n) is 2.24. The van der Waals surface area contributed by atoms with Gasteiger partial charge >= 0.3 is 29.6 Å². The minimum atomic E-state index is -1.93. The van der Waals surface area contributed by atoms with Crippen LogP contribution in [0.15, 0.2) is 0 Å². The van der Waals surface area contributed by atoms with Gasteiger partial charge in [0, 0.05) is 19.0 Å². The SMILES string of the molecule is CCOCC(C)CS(=O)[O-].[Na+]. The maximum absolute atomic E-state index is 10.1. The van der Waals surface area contributed by atoms with E-state index in [2.05, 4.69) is 0 Å². The summed E-state index contributed by atoms with van der Waals surface area (Å²) in [4.78, 5) is 0. The van der Waals surface area contributed by atoms with Crippen LogP contribution in [0.4, 0.5) is 0 Å². The Kier molecular flexibility index (Phi) is 12.1. The summed E-state index contributed by atoms with van der Waals surface area (Å²) in [6.45, 7) is 4.92. The van der Waals surface area contributed by atoms with E-state index in [1.807, 2.05) is 13.8 Å². The third-order valence-corrected chi connectivity index (χ3v) is 1.87. The summed E-state index contributed by atoms with van der Waals surface area (Å²) in [7, 11) is 0. The Bertz CT molecular complexity index is 110. The first-order valence-corrected chi connectivity index (χ1v) is 4.54. The molecule has 0 fully saturated rings. The zero-order valence-corrected chi connectivity index (χ0v) is 10.1. The molecule has 0 amide bonds. The summed E-state index contributed by atoms with van der Waals surface area (Å²) in [5.41, 5.74) is 0. The molecular formula is C6H13NaO3S. The van der Waals surface area contributed by atoms with Gasteiger partial charge in [0.05, 0.1) is 0 Å². The summed E-state index contributed by atoms with van der Waals surface area (Å²) in [6.07, 6.45) is 0. The molecule has 0 spiro atoms. The van der Waals surface area contributed by atoms with Crippen molar-refractivity contribution >= 4 is 11.1 Å². The van der Waals surface area contributed by atoms with E-state index in [0.29, 0.717) is 13.2 Å². The Morgan fingerprint density at radius 2 is 2.18 bits per heavy atom. The van der Waals surface area contributed by atoms with Gasteiger partial charge in [0.15, 0.2) is 0 Å². The van der Waals surface area contributed by atoms with Gasteiger partial charge in [0.2, 0.25) is 0 Å². The van der Waals surface area contributed by atoms with Gasteiger partial charge in [-0.3, -0.25) is 4.21 Å². The molecule has 2 unspecified atom stereocenters. The largest absolute Gasteiger partial charge is 1.00 e. The Labute approximate surface area is 92.5 Å². The van der Waals surface area contributed by atoms with Crippen LogP contribution >= 0.6 is 0 Å². The van der Waals surface area contributed by atoms with Gasteiger partial charge in [-0.25, -0.2) is 0 Å². The van der Waals surface area contributed by atoms with Gasteiger partial charge in [-0.1, -0.05) is 18.0 Å². The summed E-state index contributed by atoms with van der Waals surface area (Å²) >= 11 is -1.93. The minimum Gasteiger partial charge on any atom is -0.772 e. The van der Waals surface area contributed by atoms with Crippen LogP contribution in [0.1, 0.15) is 13.8 Å². The number of rotatable bonds is 5. The molecule has 62 valence electrons. The van der Waals surface area contributed by atoms with Crippen LogP contribution in [0, 0.1) is 5.92 Å². The van der Waals surface area contributed by atoms with Gasteiger partial charge < -0.3 is 9.29 Å². The summed E-state index contributed by atoms with van der Waals surface area (Å²) in [6, 6.07) is 0. The van der Waals surface area contributed by atoms with E-state index in [9.17, 15) is 8.76 Å². The maximum atomic E-state index is 10.1. The van der Waals surface area contributed by atoms with Crippen LogP contribution in [-0.2, 0) is 15.8 Å². The smallest absolute Gasteiger partial charge is 0.772 e. The van der Waals surface area contributed by atoms with Crippen LogP contribution < -0.4 is 29.6 Å². The summed E-state index contributed by atoms with van der Waals surface area (Å²) < 4.78 is 25.3. The van der Waals surface area contributed by atoms with Gasteiger partial charge in [-0.15, -0.1) is 0 Å². The van der Waals surface area contributed by atoms with Crippen molar-refractivity contribution in [3.05, 3.63) is 0 Å². The standard InChI is InChI=1S/C6H14O3S.Na/c1-3-9-4-6(2)5-10(7)8;/h6H,3-5H2,1-2H3,(H,7,8);/q;+1/p-1. The average molecular weight is 188 g/mol. The van der Waals surface area contributed by atoms with Crippen molar-refractivity contribution in [1.29, 1.82) is 0 Å². The van der Waals surface area contributed by atoms with Gasteiger partial charge in [-0.2, -0.15) is 0 Å². The van der Waals surface area contributed by atoms with E-state index < -0.39 is 11.1 Å². The monoisotopic (exact) mass is 188 g/mol. The predicted octanol–water partition coefficient (Wildman–Crippen LogP) is -2.46. The molecule has 0 bridgehead atoms. The van der Waals surface area contributed by atoms with E-state index in [0.717, 1.165) is 0 Å². The molecule has 0 saturated carbocycles. The molecule has 0 heterocycles. The van der Waals surface area contributed by atoms with E-state index >= 15 is 0 Å². The minimum absolute atomic E-state index is 0.